The molecule has 2 rings (SSSR count). The summed E-state index contributed by atoms with van der Waals surface area (Å²) in [7, 11) is 0. The summed E-state index contributed by atoms with van der Waals surface area (Å²) in [6.45, 7) is 3.95. The van der Waals surface area contributed by atoms with E-state index in [1.165, 1.54) is 6.92 Å². The summed E-state index contributed by atoms with van der Waals surface area (Å²) in [4.78, 5) is 35.6. The molecule has 5 nitrogen and oxygen atoms in total. The van der Waals surface area contributed by atoms with Gasteiger partial charge in [0, 0.05) is 12.1 Å². The van der Waals surface area contributed by atoms with Gasteiger partial charge in [0.05, 0.1) is 6.04 Å². The molecule has 112 valence electrons. The molecule has 0 saturated heterocycles. The normalized spacial score (nSPS) is 15.1. The van der Waals surface area contributed by atoms with Crippen molar-refractivity contribution in [2.24, 2.45) is 5.92 Å². The second kappa shape index (κ2) is 6.52. The number of Topliss-reactive ketones (excluding diaryl/α,β-unsaturated/α-hetero) is 1. The lowest BCUT2D eigenvalue weighted by Gasteiger charge is -2.13. The molecular weight excluding hydrogens is 268 g/mol. The van der Waals surface area contributed by atoms with Gasteiger partial charge in [0.25, 0.3) is 11.8 Å². The summed E-state index contributed by atoms with van der Waals surface area (Å²) in [6.07, 6.45) is 2.21. The van der Waals surface area contributed by atoms with E-state index in [2.05, 4.69) is 10.6 Å². The maximum Gasteiger partial charge on any atom is 0.289 e. The molecule has 21 heavy (non-hydrogen) atoms. The van der Waals surface area contributed by atoms with Crippen LogP contribution in [0.25, 0.3) is 0 Å². The fraction of sp³-hybridized carbons (Fsp3) is 0.438. The Labute approximate surface area is 124 Å². The quantitative estimate of drug-likeness (QED) is 0.773. The average Bonchev–Trinajstić information content (AvgIpc) is 3.28. The van der Waals surface area contributed by atoms with Crippen LogP contribution in [0, 0.1) is 12.8 Å². The Morgan fingerprint density at radius 2 is 2.00 bits per heavy atom. The van der Waals surface area contributed by atoms with Crippen molar-refractivity contribution in [3.8, 4) is 0 Å². The Bertz CT molecular complexity index is 564. The molecule has 0 radical (unpaired) electrons. The largest absolute Gasteiger partial charge is 0.349 e. The molecule has 5 heteroatoms. The molecule has 0 aliphatic heterocycles. The van der Waals surface area contributed by atoms with Gasteiger partial charge in [-0.15, -0.1) is 0 Å². The first-order chi connectivity index (χ1) is 9.97. The van der Waals surface area contributed by atoms with Crippen LogP contribution in [0.15, 0.2) is 24.3 Å². The van der Waals surface area contributed by atoms with Crippen LogP contribution >= 0.6 is 0 Å². The molecule has 1 aromatic carbocycles. The highest BCUT2D eigenvalue weighted by Gasteiger charge is 2.26. The molecular formula is C16H20N2O3. The van der Waals surface area contributed by atoms with E-state index in [0.29, 0.717) is 18.0 Å². The minimum absolute atomic E-state index is 0.352. The van der Waals surface area contributed by atoms with Gasteiger partial charge >= 0.3 is 0 Å². The number of ketones is 1. The molecule has 0 heterocycles. The number of hydrogen-bond donors (Lipinski definition) is 2. The van der Waals surface area contributed by atoms with Crippen LogP contribution in [0.1, 0.15) is 35.7 Å². The second-order valence-corrected chi connectivity index (χ2v) is 5.58. The second-order valence-electron chi connectivity index (χ2n) is 5.58. The summed E-state index contributed by atoms with van der Waals surface area (Å²) in [6, 6.07) is 6.24. The van der Waals surface area contributed by atoms with E-state index in [4.69, 9.17) is 0 Å². The molecule has 1 aliphatic carbocycles. The summed E-state index contributed by atoms with van der Waals surface area (Å²) >= 11 is 0. The van der Waals surface area contributed by atoms with E-state index >= 15 is 0 Å². The van der Waals surface area contributed by atoms with Gasteiger partial charge in [-0.25, -0.2) is 0 Å². The lowest BCUT2D eigenvalue weighted by atomic mass is 10.1. The summed E-state index contributed by atoms with van der Waals surface area (Å²) in [5.74, 6) is -1.08. The Morgan fingerprint density at radius 3 is 2.62 bits per heavy atom. The topological polar surface area (TPSA) is 75.3 Å². The monoisotopic (exact) mass is 288 g/mol. The van der Waals surface area contributed by atoms with Crippen molar-refractivity contribution < 1.29 is 14.4 Å². The summed E-state index contributed by atoms with van der Waals surface area (Å²) in [5, 5.41) is 5.17. The van der Waals surface area contributed by atoms with Crippen LogP contribution in [0.4, 0.5) is 0 Å². The zero-order chi connectivity index (χ0) is 15.4. The third-order valence-corrected chi connectivity index (χ3v) is 3.49. The lowest BCUT2D eigenvalue weighted by Crippen LogP contribution is -2.46. The van der Waals surface area contributed by atoms with E-state index < -0.39 is 17.7 Å². The molecule has 1 saturated carbocycles. The SMILES string of the molecule is Cc1cccc(C(=O)NC(C)C(=O)C(=O)NCC2CC2)c1. The standard InChI is InChI=1S/C16H20N2O3/c1-10-4-3-5-13(8-10)15(20)18-11(2)14(19)16(21)17-9-12-6-7-12/h3-5,8,11-12H,6-7,9H2,1-2H3,(H,17,21)(H,18,20). The van der Waals surface area contributed by atoms with Gasteiger partial charge in [0.2, 0.25) is 5.78 Å². The molecule has 1 aromatic rings. The molecule has 0 bridgehead atoms. The fourth-order valence-electron chi connectivity index (χ4n) is 1.97. The van der Waals surface area contributed by atoms with Crippen LogP contribution in [-0.4, -0.2) is 30.2 Å². The molecule has 0 aromatic heterocycles. The third kappa shape index (κ3) is 4.41. The van der Waals surface area contributed by atoms with Crippen molar-refractivity contribution in [3.63, 3.8) is 0 Å². The molecule has 1 unspecified atom stereocenters. The van der Waals surface area contributed by atoms with Gasteiger partial charge < -0.3 is 10.6 Å². The van der Waals surface area contributed by atoms with E-state index in [1.807, 2.05) is 13.0 Å². The molecule has 2 N–H and O–H groups in total. The molecule has 1 atom stereocenters. The van der Waals surface area contributed by atoms with Crippen LogP contribution in [0.3, 0.4) is 0 Å². The Hall–Kier alpha value is -2.17. The first kappa shape index (κ1) is 15.2. The van der Waals surface area contributed by atoms with Crippen molar-refractivity contribution >= 4 is 17.6 Å². The predicted molar refractivity (Wildman–Crippen MR) is 78.8 cm³/mol. The average molecular weight is 288 g/mol. The van der Waals surface area contributed by atoms with Crippen LogP contribution < -0.4 is 10.6 Å². The van der Waals surface area contributed by atoms with Gasteiger partial charge in [0.1, 0.15) is 0 Å². The number of amides is 2. The Morgan fingerprint density at radius 1 is 1.29 bits per heavy atom. The zero-order valence-corrected chi connectivity index (χ0v) is 12.3. The van der Waals surface area contributed by atoms with E-state index in [0.717, 1.165) is 18.4 Å². The third-order valence-electron chi connectivity index (χ3n) is 3.49. The van der Waals surface area contributed by atoms with Crippen LogP contribution in [0.2, 0.25) is 0 Å². The number of rotatable bonds is 6. The number of hydrogen-bond acceptors (Lipinski definition) is 3. The number of aryl methyl sites for hydroxylation is 1. The Kier molecular flexibility index (Phi) is 4.73. The molecule has 1 aliphatic rings. The van der Waals surface area contributed by atoms with Gasteiger partial charge in [0.15, 0.2) is 0 Å². The highest BCUT2D eigenvalue weighted by molar-refractivity contribution is 6.38. The number of carbonyl (C=O) groups is 3. The van der Waals surface area contributed by atoms with Gasteiger partial charge in [-0.1, -0.05) is 17.7 Å². The van der Waals surface area contributed by atoms with Crippen LogP contribution in [0.5, 0.6) is 0 Å². The lowest BCUT2D eigenvalue weighted by molar-refractivity contribution is -0.138. The Balaban J connectivity index is 1.87. The first-order valence-corrected chi connectivity index (χ1v) is 7.17. The van der Waals surface area contributed by atoms with E-state index in [1.54, 1.807) is 18.2 Å². The van der Waals surface area contributed by atoms with Gasteiger partial charge in [-0.3, -0.25) is 14.4 Å². The first-order valence-electron chi connectivity index (χ1n) is 7.17. The van der Waals surface area contributed by atoms with Crippen molar-refractivity contribution in [2.75, 3.05) is 6.54 Å². The predicted octanol–water partition coefficient (Wildman–Crippen LogP) is 1.21. The van der Waals surface area contributed by atoms with Crippen LogP contribution in [-0.2, 0) is 9.59 Å². The maximum atomic E-state index is 12.0. The highest BCUT2D eigenvalue weighted by Crippen LogP contribution is 2.27. The van der Waals surface area contributed by atoms with Gasteiger partial charge in [-0.05, 0) is 44.7 Å². The van der Waals surface area contributed by atoms with E-state index in [9.17, 15) is 14.4 Å². The molecule has 2 amide bonds. The number of nitrogens with one attached hydrogen (secondary N) is 2. The minimum Gasteiger partial charge on any atom is -0.349 e. The maximum absolute atomic E-state index is 12.0. The van der Waals surface area contributed by atoms with Crippen molar-refractivity contribution in [2.45, 2.75) is 32.7 Å². The minimum atomic E-state index is -0.836. The fourth-order valence-corrected chi connectivity index (χ4v) is 1.97. The van der Waals surface area contributed by atoms with E-state index in [-0.39, 0.29) is 5.91 Å². The zero-order valence-electron chi connectivity index (χ0n) is 12.3. The van der Waals surface area contributed by atoms with Gasteiger partial charge in [-0.2, -0.15) is 0 Å². The summed E-state index contributed by atoms with van der Waals surface area (Å²) < 4.78 is 0. The number of benzene rings is 1. The number of carbonyl (C=O) groups excluding carboxylic acids is 3. The van der Waals surface area contributed by atoms with Crippen molar-refractivity contribution in [3.05, 3.63) is 35.4 Å². The van der Waals surface area contributed by atoms with Crippen molar-refractivity contribution in [1.29, 1.82) is 0 Å². The molecule has 1 fully saturated rings. The highest BCUT2D eigenvalue weighted by atomic mass is 16.2. The smallest absolute Gasteiger partial charge is 0.289 e. The molecule has 0 spiro atoms. The summed E-state index contributed by atoms with van der Waals surface area (Å²) in [5.41, 5.74) is 1.44. The van der Waals surface area contributed by atoms with Crippen molar-refractivity contribution in [1.82, 2.24) is 10.6 Å².